The number of hydrogen-bond donors (Lipinski definition) is 1. The molecule has 0 aromatic rings. The molecular formula is C14H24N2O2. The van der Waals surface area contributed by atoms with Crippen LogP contribution in [0.15, 0.2) is 0 Å². The Bertz CT molecular complexity index is 321. The molecule has 4 nitrogen and oxygen atoms in total. The van der Waals surface area contributed by atoms with Gasteiger partial charge in [0, 0.05) is 18.5 Å². The van der Waals surface area contributed by atoms with Gasteiger partial charge in [-0.1, -0.05) is 6.42 Å². The van der Waals surface area contributed by atoms with Crippen LogP contribution in [0.3, 0.4) is 0 Å². The van der Waals surface area contributed by atoms with E-state index in [4.69, 9.17) is 10.5 Å². The van der Waals surface area contributed by atoms with Crippen molar-refractivity contribution in [3.63, 3.8) is 0 Å². The van der Waals surface area contributed by atoms with Crippen LogP contribution >= 0.6 is 0 Å². The highest BCUT2D eigenvalue weighted by molar-refractivity contribution is 5.79. The number of fused-ring (bicyclic) bond motifs is 1. The lowest BCUT2D eigenvalue weighted by Gasteiger charge is -2.40. The molecule has 1 saturated heterocycles. The van der Waals surface area contributed by atoms with Crippen molar-refractivity contribution in [2.24, 2.45) is 11.7 Å². The average Bonchev–Trinajstić information content (AvgIpc) is 2.86. The molecule has 1 amide bonds. The first-order valence-corrected chi connectivity index (χ1v) is 7.43. The molecule has 1 heterocycles. The number of hydrogen-bond acceptors (Lipinski definition) is 3. The van der Waals surface area contributed by atoms with Gasteiger partial charge in [-0.05, 0) is 38.5 Å². The van der Waals surface area contributed by atoms with E-state index in [0.29, 0.717) is 24.7 Å². The fraction of sp³-hybridized carbons (Fsp3) is 0.929. The summed E-state index contributed by atoms with van der Waals surface area (Å²) in [5.41, 5.74) is 6.00. The molecule has 0 bridgehead atoms. The Morgan fingerprint density at radius 2 is 2.00 bits per heavy atom. The van der Waals surface area contributed by atoms with Crippen LogP contribution in [0.2, 0.25) is 0 Å². The van der Waals surface area contributed by atoms with Crippen molar-refractivity contribution in [3.8, 4) is 0 Å². The van der Waals surface area contributed by atoms with E-state index in [2.05, 4.69) is 4.90 Å². The van der Waals surface area contributed by atoms with E-state index in [1.54, 1.807) is 0 Å². The largest absolute Gasteiger partial charge is 0.374 e. The molecule has 3 aliphatic rings. The first kappa shape index (κ1) is 12.4. The van der Waals surface area contributed by atoms with E-state index in [1.807, 2.05) is 0 Å². The maximum atomic E-state index is 12.7. The molecule has 0 spiro atoms. The molecule has 3 rings (SSSR count). The maximum absolute atomic E-state index is 12.7. The lowest BCUT2D eigenvalue weighted by molar-refractivity contribution is -0.149. The van der Waals surface area contributed by atoms with Gasteiger partial charge < -0.3 is 15.4 Å². The topological polar surface area (TPSA) is 55.6 Å². The molecule has 0 aromatic heterocycles. The van der Waals surface area contributed by atoms with Gasteiger partial charge in [-0.3, -0.25) is 4.79 Å². The second kappa shape index (κ2) is 5.17. The van der Waals surface area contributed by atoms with Crippen LogP contribution in [0, 0.1) is 5.92 Å². The fourth-order valence-electron chi connectivity index (χ4n) is 3.89. The summed E-state index contributed by atoms with van der Waals surface area (Å²) < 4.78 is 5.77. The molecule has 3 fully saturated rings. The molecular weight excluding hydrogens is 228 g/mol. The number of morpholine rings is 1. The van der Waals surface area contributed by atoms with Crippen LogP contribution in [0.1, 0.15) is 44.9 Å². The summed E-state index contributed by atoms with van der Waals surface area (Å²) in [5, 5.41) is 0. The smallest absolute Gasteiger partial charge is 0.226 e. The van der Waals surface area contributed by atoms with Gasteiger partial charge >= 0.3 is 0 Å². The Hall–Kier alpha value is -0.610. The summed E-state index contributed by atoms with van der Waals surface area (Å²) in [6.45, 7) is 1.50. The van der Waals surface area contributed by atoms with Gasteiger partial charge in [0.2, 0.25) is 5.91 Å². The Kier molecular flexibility index (Phi) is 3.57. The van der Waals surface area contributed by atoms with Crippen LogP contribution in [0.4, 0.5) is 0 Å². The van der Waals surface area contributed by atoms with Crippen molar-refractivity contribution in [2.45, 2.75) is 63.1 Å². The molecule has 0 radical (unpaired) electrons. The molecule has 102 valence electrons. The van der Waals surface area contributed by atoms with Crippen molar-refractivity contribution in [1.82, 2.24) is 4.90 Å². The van der Waals surface area contributed by atoms with Crippen molar-refractivity contribution in [2.75, 3.05) is 13.2 Å². The second-order valence-electron chi connectivity index (χ2n) is 6.06. The third-order valence-corrected chi connectivity index (χ3v) is 4.83. The van der Waals surface area contributed by atoms with Crippen molar-refractivity contribution < 1.29 is 9.53 Å². The average molecular weight is 252 g/mol. The van der Waals surface area contributed by atoms with Crippen LogP contribution in [-0.2, 0) is 9.53 Å². The summed E-state index contributed by atoms with van der Waals surface area (Å²) in [7, 11) is 0. The van der Waals surface area contributed by atoms with Gasteiger partial charge in [0.1, 0.15) is 0 Å². The number of nitrogens with two attached hydrogens (primary N) is 1. The van der Waals surface area contributed by atoms with Gasteiger partial charge in [-0.25, -0.2) is 0 Å². The van der Waals surface area contributed by atoms with Gasteiger partial charge in [-0.2, -0.15) is 0 Å². The highest BCUT2D eigenvalue weighted by atomic mass is 16.5. The predicted octanol–water partition coefficient (Wildman–Crippen LogP) is 1.28. The minimum Gasteiger partial charge on any atom is -0.374 e. The summed E-state index contributed by atoms with van der Waals surface area (Å²) in [6.07, 6.45) is 7.85. The number of ether oxygens (including phenoxy) is 1. The molecule has 2 aliphatic carbocycles. The van der Waals surface area contributed by atoms with Gasteiger partial charge in [0.15, 0.2) is 0 Å². The van der Waals surface area contributed by atoms with E-state index >= 15 is 0 Å². The van der Waals surface area contributed by atoms with Crippen molar-refractivity contribution in [1.29, 1.82) is 0 Å². The molecule has 4 heteroatoms. The highest BCUT2D eigenvalue weighted by Crippen LogP contribution is 2.33. The van der Waals surface area contributed by atoms with Crippen LogP contribution in [-0.4, -0.2) is 42.1 Å². The number of rotatable bonds is 1. The Labute approximate surface area is 109 Å². The van der Waals surface area contributed by atoms with E-state index in [0.717, 1.165) is 45.1 Å². The zero-order chi connectivity index (χ0) is 12.5. The van der Waals surface area contributed by atoms with Crippen LogP contribution in [0.25, 0.3) is 0 Å². The van der Waals surface area contributed by atoms with E-state index in [1.165, 1.54) is 6.42 Å². The van der Waals surface area contributed by atoms with E-state index < -0.39 is 0 Å². The first-order chi connectivity index (χ1) is 8.75. The number of nitrogens with zero attached hydrogens (tertiary/aromatic N) is 1. The number of amides is 1. The first-order valence-electron chi connectivity index (χ1n) is 7.43. The molecule has 1 aliphatic heterocycles. The predicted molar refractivity (Wildman–Crippen MR) is 69.0 cm³/mol. The second-order valence-corrected chi connectivity index (χ2v) is 6.06. The summed E-state index contributed by atoms with van der Waals surface area (Å²) in [6, 6.07) is 0.581. The molecule has 4 unspecified atom stereocenters. The molecule has 4 atom stereocenters. The van der Waals surface area contributed by atoms with E-state index in [-0.39, 0.29) is 12.0 Å². The summed E-state index contributed by atoms with van der Waals surface area (Å²) in [4.78, 5) is 14.8. The maximum Gasteiger partial charge on any atom is 0.226 e. The molecule has 2 saturated carbocycles. The summed E-state index contributed by atoms with van der Waals surface area (Å²) >= 11 is 0. The Balaban J connectivity index is 1.67. The normalized spacial score (nSPS) is 40.6. The fourth-order valence-corrected chi connectivity index (χ4v) is 3.89. The van der Waals surface area contributed by atoms with Gasteiger partial charge in [0.05, 0.1) is 18.8 Å². The Morgan fingerprint density at radius 1 is 1.17 bits per heavy atom. The van der Waals surface area contributed by atoms with Gasteiger partial charge in [-0.15, -0.1) is 0 Å². The van der Waals surface area contributed by atoms with Gasteiger partial charge in [0.25, 0.3) is 0 Å². The number of carbonyl (C=O) groups excluding carboxylic acids is 1. The lowest BCUT2D eigenvalue weighted by atomic mass is 9.85. The highest BCUT2D eigenvalue weighted by Gasteiger charge is 2.40. The summed E-state index contributed by atoms with van der Waals surface area (Å²) in [5.74, 6) is 0.526. The monoisotopic (exact) mass is 252 g/mol. The minimum atomic E-state index is 0.174. The number of carbonyl (C=O) groups is 1. The van der Waals surface area contributed by atoms with Crippen LogP contribution in [0.5, 0.6) is 0 Å². The molecule has 0 aromatic carbocycles. The van der Waals surface area contributed by atoms with Crippen molar-refractivity contribution >= 4 is 5.91 Å². The van der Waals surface area contributed by atoms with Crippen molar-refractivity contribution in [3.05, 3.63) is 0 Å². The zero-order valence-electron chi connectivity index (χ0n) is 11.0. The van der Waals surface area contributed by atoms with Crippen LogP contribution < -0.4 is 5.73 Å². The quantitative estimate of drug-likeness (QED) is 0.765. The SMILES string of the molecule is NC1CCCC(C(=O)N2CCOC3CCCC32)C1. The molecule has 18 heavy (non-hydrogen) atoms. The third kappa shape index (κ3) is 2.28. The Morgan fingerprint density at radius 3 is 2.83 bits per heavy atom. The zero-order valence-corrected chi connectivity index (χ0v) is 11.0. The minimum absolute atomic E-state index is 0.174. The standard InChI is InChI=1S/C14H24N2O2/c15-11-4-1-3-10(9-11)14(17)16-7-8-18-13-6-2-5-12(13)16/h10-13H,1-9,15H2. The third-order valence-electron chi connectivity index (χ3n) is 4.83. The lowest BCUT2D eigenvalue weighted by Crippen LogP contribution is -2.53. The molecule has 2 N–H and O–H groups in total. The van der Waals surface area contributed by atoms with E-state index in [9.17, 15) is 4.79 Å².